The standard InChI is InChI=1S/C16H20N4O4/c1-16-5-4-9(18-7-6-17)8-10(16)14(23)20(15(16)24)11-2-3-12(21)19-13(11)22/h4,8,11,18H,2-3,5-7,17H2,1H3,(H,19,21,22). The number of hydrogen-bond donors (Lipinski definition) is 3. The first-order valence-electron chi connectivity index (χ1n) is 7.96. The van der Waals surface area contributed by atoms with Crippen molar-refractivity contribution in [2.75, 3.05) is 13.1 Å². The van der Waals surface area contributed by atoms with Gasteiger partial charge in [-0.1, -0.05) is 6.08 Å². The predicted octanol–water partition coefficient (Wildman–Crippen LogP) is -1.07. The van der Waals surface area contributed by atoms with Gasteiger partial charge in [0.25, 0.3) is 5.91 Å². The Labute approximate surface area is 139 Å². The minimum absolute atomic E-state index is 0.116. The summed E-state index contributed by atoms with van der Waals surface area (Å²) in [5.74, 6) is -1.82. The van der Waals surface area contributed by atoms with Gasteiger partial charge in [-0.15, -0.1) is 0 Å². The molecule has 4 N–H and O–H groups in total. The van der Waals surface area contributed by atoms with Crippen LogP contribution in [0.2, 0.25) is 0 Å². The van der Waals surface area contributed by atoms with Crippen LogP contribution in [0.1, 0.15) is 26.2 Å². The van der Waals surface area contributed by atoms with Gasteiger partial charge in [0, 0.05) is 30.8 Å². The number of nitrogens with zero attached hydrogens (tertiary/aromatic N) is 1. The van der Waals surface area contributed by atoms with Crippen LogP contribution in [0.4, 0.5) is 0 Å². The highest BCUT2D eigenvalue weighted by molar-refractivity contribution is 6.20. The number of likely N-dealkylation sites (tertiary alicyclic amines) is 1. The van der Waals surface area contributed by atoms with Gasteiger partial charge in [0.05, 0.1) is 5.41 Å². The second kappa shape index (κ2) is 5.86. The molecule has 0 aromatic carbocycles. The number of amides is 4. The Balaban J connectivity index is 1.89. The molecule has 8 heteroatoms. The highest BCUT2D eigenvalue weighted by Crippen LogP contribution is 2.45. The average Bonchev–Trinajstić information content (AvgIpc) is 2.73. The summed E-state index contributed by atoms with van der Waals surface area (Å²) in [7, 11) is 0. The topological polar surface area (TPSA) is 122 Å². The largest absolute Gasteiger partial charge is 0.384 e. The van der Waals surface area contributed by atoms with E-state index in [4.69, 9.17) is 5.73 Å². The fourth-order valence-corrected chi connectivity index (χ4v) is 3.34. The summed E-state index contributed by atoms with van der Waals surface area (Å²) in [5, 5.41) is 5.29. The molecule has 128 valence electrons. The number of carbonyl (C=O) groups excluding carboxylic acids is 4. The summed E-state index contributed by atoms with van der Waals surface area (Å²) in [6, 6.07) is -0.925. The first kappa shape index (κ1) is 16.4. The van der Waals surface area contributed by atoms with Crippen molar-refractivity contribution in [2.45, 2.75) is 32.2 Å². The summed E-state index contributed by atoms with van der Waals surface area (Å²) in [5.41, 5.74) is 5.62. The van der Waals surface area contributed by atoms with E-state index in [-0.39, 0.29) is 24.7 Å². The van der Waals surface area contributed by atoms with Gasteiger partial charge in [0.2, 0.25) is 17.7 Å². The van der Waals surface area contributed by atoms with Crippen LogP contribution in [0.25, 0.3) is 0 Å². The molecule has 2 heterocycles. The van der Waals surface area contributed by atoms with Crippen molar-refractivity contribution in [1.82, 2.24) is 15.5 Å². The molecular formula is C16H20N4O4. The fraction of sp³-hybridized carbons (Fsp3) is 0.500. The number of hydrogen-bond acceptors (Lipinski definition) is 6. The molecule has 8 nitrogen and oxygen atoms in total. The van der Waals surface area contributed by atoms with Crippen LogP contribution in [-0.4, -0.2) is 47.7 Å². The van der Waals surface area contributed by atoms with Crippen molar-refractivity contribution in [2.24, 2.45) is 11.1 Å². The van der Waals surface area contributed by atoms with Crippen molar-refractivity contribution in [3.63, 3.8) is 0 Å². The highest BCUT2D eigenvalue weighted by atomic mass is 16.2. The molecule has 3 aliphatic rings. The number of allylic oxidation sites excluding steroid dienone is 2. The number of fused-ring (bicyclic) bond motifs is 1. The summed E-state index contributed by atoms with van der Waals surface area (Å²) < 4.78 is 0. The Morgan fingerprint density at radius 2 is 2.12 bits per heavy atom. The number of imide groups is 2. The second-order valence-electron chi connectivity index (χ2n) is 6.42. The SMILES string of the molecule is CC12CC=C(NCCN)C=C1C(=O)N(C1CCC(=O)NC1=O)C2=O. The molecule has 3 rings (SSSR count). The van der Waals surface area contributed by atoms with Crippen LogP contribution < -0.4 is 16.4 Å². The number of nitrogens with two attached hydrogens (primary N) is 1. The Bertz CT molecular complexity index is 696. The molecule has 0 aromatic heterocycles. The van der Waals surface area contributed by atoms with E-state index < -0.39 is 23.3 Å². The van der Waals surface area contributed by atoms with E-state index in [1.807, 2.05) is 6.08 Å². The lowest BCUT2D eigenvalue weighted by molar-refractivity contribution is -0.152. The molecule has 2 atom stereocenters. The molecule has 0 radical (unpaired) electrons. The summed E-state index contributed by atoms with van der Waals surface area (Å²) in [6.45, 7) is 2.72. The quantitative estimate of drug-likeness (QED) is 0.564. The van der Waals surface area contributed by atoms with Crippen LogP contribution in [-0.2, 0) is 19.2 Å². The van der Waals surface area contributed by atoms with E-state index in [0.717, 1.165) is 10.6 Å². The lowest BCUT2D eigenvalue weighted by Gasteiger charge is -2.29. The third-order valence-electron chi connectivity index (χ3n) is 4.76. The zero-order valence-electron chi connectivity index (χ0n) is 13.4. The minimum Gasteiger partial charge on any atom is -0.384 e. The summed E-state index contributed by atoms with van der Waals surface area (Å²) >= 11 is 0. The maximum Gasteiger partial charge on any atom is 0.258 e. The molecule has 2 fully saturated rings. The zero-order valence-corrected chi connectivity index (χ0v) is 13.4. The molecule has 1 aliphatic carbocycles. The Morgan fingerprint density at radius 3 is 2.79 bits per heavy atom. The normalized spacial score (nSPS) is 29.9. The third-order valence-corrected chi connectivity index (χ3v) is 4.76. The summed E-state index contributed by atoms with van der Waals surface area (Å²) in [6.07, 6.45) is 4.17. The maximum atomic E-state index is 12.8. The lowest BCUT2D eigenvalue weighted by Crippen LogP contribution is -2.54. The van der Waals surface area contributed by atoms with Gasteiger partial charge in [0.1, 0.15) is 6.04 Å². The molecule has 24 heavy (non-hydrogen) atoms. The molecule has 4 amide bonds. The van der Waals surface area contributed by atoms with Crippen LogP contribution >= 0.6 is 0 Å². The van der Waals surface area contributed by atoms with Crippen LogP contribution in [0, 0.1) is 5.41 Å². The third kappa shape index (κ3) is 2.43. The number of nitrogens with one attached hydrogen (secondary N) is 2. The van der Waals surface area contributed by atoms with Gasteiger partial charge in [-0.25, -0.2) is 0 Å². The monoisotopic (exact) mass is 332 g/mol. The fourth-order valence-electron chi connectivity index (χ4n) is 3.34. The van der Waals surface area contributed by atoms with Crippen molar-refractivity contribution >= 4 is 23.6 Å². The van der Waals surface area contributed by atoms with E-state index in [1.165, 1.54) is 0 Å². The predicted molar refractivity (Wildman–Crippen MR) is 84.0 cm³/mol. The molecule has 0 aromatic rings. The van der Waals surface area contributed by atoms with Gasteiger partial charge in [-0.3, -0.25) is 29.4 Å². The summed E-state index contributed by atoms with van der Waals surface area (Å²) in [4.78, 5) is 50.0. The molecule has 0 bridgehead atoms. The van der Waals surface area contributed by atoms with E-state index in [9.17, 15) is 19.2 Å². The van der Waals surface area contributed by atoms with Gasteiger partial charge in [0.15, 0.2) is 0 Å². The Kier molecular flexibility index (Phi) is 4.00. The smallest absolute Gasteiger partial charge is 0.258 e. The molecular weight excluding hydrogens is 312 g/mol. The highest BCUT2D eigenvalue weighted by Gasteiger charge is 2.56. The van der Waals surface area contributed by atoms with Gasteiger partial charge < -0.3 is 11.1 Å². The number of piperidine rings is 1. The van der Waals surface area contributed by atoms with E-state index in [1.54, 1.807) is 13.0 Å². The first-order valence-corrected chi connectivity index (χ1v) is 7.96. The molecule has 2 saturated heterocycles. The molecule has 2 unspecified atom stereocenters. The van der Waals surface area contributed by atoms with Crippen LogP contribution in [0.5, 0.6) is 0 Å². The van der Waals surface area contributed by atoms with Gasteiger partial charge in [-0.2, -0.15) is 0 Å². The second-order valence-corrected chi connectivity index (χ2v) is 6.42. The Hall–Kier alpha value is -2.48. The van der Waals surface area contributed by atoms with Crippen molar-refractivity contribution in [3.8, 4) is 0 Å². The average molecular weight is 332 g/mol. The number of carbonyl (C=O) groups is 4. The maximum absolute atomic E-state index is 12.8. The lowest BCUT2D eigenvalue weighted by atomic mass is 9.77. The molecule has 0 spiro atoms. The zero-order chi connectivity index (χ0) is 17.5. The van der Waals surface area contributed by atoms with Crippen molar-refractivity contribution < 1.29 is 19.2 Å². The number of rotatable bonds is 4. The van der Waals surface area contributed by atoms with Crippen molar-refractivity contribution in [1.29, 1.82) is 0 Å². The van der Waals surface area contributed by atoms with Gasteiger partial charge >= 0.3 is 0 Å². The first-order chi connectivity index (χ1) is 11.4. The van der Waals surface area contributed by atoms with Crippen LogP contribution in [0.15, 0.2) is 23.4 Å². The Morgan fingerprint density at radius 1 is 1.38 bits per heavy atom. The van der Waals surface area contributed by atoms with Crippen molar-refractivity contribution in [3.05, 3.63) is 23.4 Å². The minimum atomic E-state index is -0.966. The van der Waals surface area contributed by atoms with Gasteiger partial charge in [-0.05, 0) is 25.8 Å². The van der Waals surface area contributed by atoms with E-state index in [2.05, 4.69) is 10.6 Å². The molecule has 0 saturated carbocycles. The van der Waals surface area contributed by atoms with E-state index >= 15 is 0 Å². The van der Waals surface area contributed by atoms with Crippen LogP contribution in [0.3, 0.4) is 0 Å². The molecule has 2 aliphatic heterocycles. The van der Waals surface area contributed by atoms with E-state index in [0.29, 0.717) is 25.1 Å².